The van der Waals surface area contributed by atoms with Crippen LogP contribution in [0, 0.1) is 6.92 Å². The van der Waals surface area contributed by atoms with Crippen molar-refractivity contribution in [2.75, 3.05) is 12.0 Å². The monoisotopic (exact) mass is 491 g/mol. The predicted molar refractivity (Wildman–Crippen MR) is 137 cm³/mol. The van der Waals surface area contributed by atoms with Crippen LogP contribution in [0.15, 0.2) is 75.9 Å². The highest BCUT2D eigenvalue weighted by molar-refractivity contribution is 7.98. The van der Waals surface area contributed by atoms with Gasteiger partial charge >= 0.3 is 17.7 Å². The fraction of sp³-hybridized carbons (Fsp3) is 0.222. The summed E-state index contributed by atoms with van der Waals surface area (Å²) in [5.41, 5.74) is 1.26. The third-order valence-corrected chi connectivity index (χ3v) is 6.24. The van der Waals surface area contributed by atoms with Gasteiger partial charge < -0.3 is 19.2 Å². The van der Waals surface area contributed by atoms with Crippen molar-refractivity contribution in [1.82, 2.24) is 5.32 Å². The van der Waals surface area contributed by atoms with Gasteiger partial charge in [0.15, 0.2) is 0 Å². The van der Waals surface area contributed by atoms with Crippen LogP contribution in [0.5, 0.6) is 5.75 Å². The molecule has 1 atom stereocenters. The Morgan fingerprint density at radius 1 is 0.971 bits per heavy atom. The van der Waals surface area contributed by atoms with Gasteiger partial charge in [0.2, 0.25) is 0 Å². The molecule has 0 fully saturated rings. The highest BCUT2D eigenvalue weighted by Gasteiger charge is 2.25. The molecule has 0 spiro atoms. The van der Waals surface area contributed by atoms with E-state index in [2.05, 4.69) is 5.32 Å². The van der Waals surface area contributed by atoms with Gasteiger partial charge in [0.1, 0.15) is 24.0 Å². The number of carbonyl (C=O) groups excluding carboxylic acids is 2. The summed E-state index contributed by atoms with van der Waals surface area (Å²) >= 11 is 1.55. The van der Waals surface area contributed by atoms with E-state index in [9.17, 15) is 14.4 Å². The zero-order valence-corrected chi connectivity index (χ0v) is 20.2. The number of nitrogens with one attached hydrogen (secondary N) is 1. The zero-order valence-electron chi connectivity index (χ0n) is 19.4. The highest BCUT2D eigenvalue weighted by Crippen LogP contribution is 2.31. The molecule has 0 aliphatic carbocycles. The van der Waals surface area contributed by atoms with Gasteiger partial charge in [-0.3, -0.25) is 0 Å². The molecule has 35 heavy (non-hydrogen) atoms. The van der Waals surface area contributed by atoms with Crippen LogP contribution in [0.25, 0.3) is 21.7 Å². The summed E-state index contributed by atoms with van der Waals surface area (Å²) in [4.78, 5) is 37.8. The molecule has 1 unspecified atom stereocenters. The molecular weight excluding hydrogens is 466 g/mol. The Morgan fingerprint density at radius 3 is 2.43 bits per heavy atom. The van der Waals surface area contributed by atoms with Gasteiger partial charge in [0, 0.05) is 10.9 Å². The van der Waals surface area contributed by atoms with E-state index in [0.717, 1.165) is 16.3 Å². The van der Waals surface area contributed by atoms with Crippen LogP contribution in [0.2, 0.25) is 0 Å². The maximum atomic E-state index is 13.0. The summed E-state index contributed by atoms with van der Waals surface area (Å²) in [5, 5.41) is 4.61. The molecular formula is C27H25NO6S. The van der Waals surface area contributed by atoms with Crippen molar-refractivity contribution in [3.8, 4) is 5.75 Å². The third-order valence-electron chi connectivity index (χ3n) is 5.60. The van der Waals surface area contributed by atoms with Gasteiger partial charge in [-0.05, 0) is 54.5 Å². The summed E-state index contributed by atoms with van der Waals surface area (Å²) in [7, 11) is 0. The van der Waals surface area contributed by atoms with E-state index >= 15 is 0 Å². The average Bonchev–Trinajstić information content (AvgIpc) is 2.88. The number of amides is 1. The molecule has 3 aromatic carbocycles. The molecule has 0 radical (unpaired) electrons. The Hall–Kier alpha value is -3.78. The number of esters is 1. The number of thioether (sulfide) groups is 1. The predicted octanol–water partition coefficient (Wildman–Crippen LogP) is 5.21. The number of ether oxygens (including phenoxy) is 2. The van der Waals surface area contributed by atoms with Crippen molar-refractivity contribution in [1.29, 1.82) is 0 Å². The van der Waals surface area contributed by atoms with Gasteiger partial charge in [0.25, 0.3) is 0 Å². The first kappa shape index (κ1) is 24.3. The Bertz CT molecular complexity index is 1420. The molecule has 1 N–H and O–H groups in total. The van der Waals surface area contributed by atoms with Crippen molar-refractivity contribution in [3.05, 3.63) is 88.3 Å². The van der Waals surface area contributed by atoms with E-state index in [1.165, 1.54) is 0 Å². The number of hydrogen-bond acceptors (Lipinski definition) is 7. The lowest BCUT2D eigenvalue weighted by Gasteiger charge is -2.18. The van der Waals surface area contributed by atoms with Crippen LogP contribution in [0.1, 0.15) is 17.5 Å². The maximum Gasteiger partial charge on any atom is 0.408 e. The molecule has 4 aromatic rings. The smallest absolute Gasteiger partial charge is 0.408 e. The minimum Gasteiger partial charge on any atom is -0.445 e. The molecule has 180 valence electrons. The van der Waals surface area contributed by atoms with Crippen molar-refractivity contribution in [2.24, 2.45) is 0 Å². The summed E-state index contributed by atoms with van der Waals surface area (Å²) < 4.78 is 16.5. The maximum absolute atomic E-state index is 13.0. The number of fused-ring (bicyclic) bond motifs is 3. The van der Waals surface area contributed by atoms with Crippen LogP contribution >= 0.6 is 11.8 Å². The van der Waals surface area contributed by atoms with Crippen LogP contribution in [0.3, 0.4) is 0 Å². The van der Waals surface area contributed by atoms with Crippen molar-refractivity contribution < 1.29 is 23.5 Å². The van der Waals surface area contributed by atoms with Crippen LogP contribution in [-0.2, 0) is 16.1 Å². The quantitative estimate of drug-likeness (QED) is 0.156. The van der Waals surface area contributed by atoms with Gasteiger partial charge in [-0.1, -0.05) is 48.5 Å². The normalized spacial score (nSPS) is 11.8. The minimum absolute atomic E-state index is 0.0910. The van der Waals surface area contributed by atoms with Crippen molar-refractivity contribution in [3.63, 3.8) is 0 Å². The molecule has 1 heterocycles. The summed E-state index contributed by atoms with van der Waals surface area (Å²) in [6, 6.07) is 19.0. The molecule has 0 aliphatic rings. The second kappa shape index (κ2) is 11.1. The van der Waals surface area contributed by atoms with E-state index in [1.807, 2.05) is 48.7 Å². The standard InChI is InChI=1S/C27H25NO6S/c1-17-23(13-12-20-19-10-6-7-11-21(19)25(29)34-24(17)20)33-26(30)22(14-15-35-2)28-27(31)32-16-18-8-4-3-5-9-18/h3-13,22H,14-16H2,1-2H3,(H,28,31). The van der Waals surface area contributed by atoms with Gasteiger partial charge in [-0.15, -0.1) is 0 Å². The molecule has 0 saturated carbocycles. The molecule has 1 aromatic heterocycles. The van der Waals surface area contributed by atoms with Gasteiger partial charge in [-0.2, -0.15) is 11.8 Å². The molecule has 8 heteroatoms. The van der Waals surface area contributed by atoms with E-state index in [0.29, 0.717) is 28.7 Å². The minimum atomic E-state index is -0.899. The van der Waals surface area contributed by atoms with E-state index in [4.69, 9.17) is 13.9 Å². The zero-order chi connectivity index (χ0) is 24.8. The first-order valence-corrected chi connectivity index (χ1v) is 12.5. The van der Waals surface area contributed by atoms with Crippen LogP contribution < -0.4 is 15.7 Å². The lowest BCUT2D eigenvalue weighted by atomic mass is 10.0. The van der Waals surface area contributed by atoms with Gasteiger partial charge in [-0.25, -0.2) is 14.4 Å². The Morgan fingerprint density at radius 2 is 1.69 bits per heavy atom. The Labute approximate surface area is 206 Å². The number of benzene rings is 3. The van der Waals surface area contributed by atoms with Crippen molar-refractivity contribution in [2.45, 2.75) is 26.0 Å². The van der Waals surface area contributed by atoms with Crippen molar-refractivity contribution >= 4 is 45.6 Å². The molecule has 0 aliphatic heterocycles. The van der Waals surface area contributed by atoms with Crippen LogP contribution in [0.4, 0.5) is 4.79 Å². The number of aryl methyl sites for hydroxylation is 1. The largest absolute Gasteiger partial charge is 0.445 e. The lowest BCUT2D eigenvalue weighted by molar-refractivity contribution is -0.136. The molecule has 0 saturated heterocycles. The van der Waals surface area contributed by atoms with Gasteiger partial charge in [0.05, 0.1) is 5.39 Å². The fourth-order valence-electron chi connectivity index (χ4n) is 3.74. The average molecular weight is 492 g/mol. The Balaban J connectivity index is 1.52. The Kier molecular flexibility index (Phi) is 7.72. The second-order valence-corrected chi connectivity index (χ2v) is 8.95. The summed E-state index contributed by atoms with van der Waals surface area (Å²) in [6.45, 7) is 1.81. The number of alkyl carbamates (subject to hydrolysis) is 1. The number of carbonyl (C=O) groups is 2. The molecule has 4 rings (SSSR count). The second-order valence-electron chi connectivity index (χ2n) is 7.96. The number of hydrogen-bond donors (Lipinski definition) is 1. The van der Waals surface area contributed by atoms with E-state index in [1.54, 1.807) is 43.0 Å². The first-order valence-electron chi connectivity index (χ1n) is 11.1. The lowest BCUT2D eigenvalue weighted by Crippen LogP contribution is -2.43. The highest BCUT2D eigenvalue weighted by atomic mass is 32.2. The van der Waals surface area contributed by atoms with Crippen LogP contribution in [-0.4, -0.2) is 30.1 Å². The van der Waals surface area contributed by atoms with E-state index < -0.39 is 23.7 Å². The molecule has 0 bridgehead atoms. The summed E-state index contributed by atoms with van der Waals surface area (Å²) in [5.74, 6) is 0.270. The molecule has 7 nitrogen and oxygen atoms in total. The first-order chi connectivity index (χ1) is 17.0. The number of rotatable bonds is 8. The summed E-state index contributed by atoms with van der Waals surface area (Å²) in [6.07, 6.45) is 1.58. The molecule has 1 amide bonds. The fourth-order valence-corrected chi connectivity index (χ4v) is 4.21. The third kappa shape index (κ3) is 5.66. The topological polar surface area (TPSA) is 94.8 Å². The van der Waals surface area contributed by atoms with E-state index in [-0.39, 0.29) is 12.4 Å². The SMILES string of the molecule is CSCCC(NC(=O)OCc1ccccc1)C(=O)Oc1ccc2c(oc(=O)c3ccccc32)c1C.